The third kappa shape index (κ3) is 4.58. The number of hydrogen-bond acceptors (Lipinski definition) is 4. The number of hydrogen-bond donors (Lipinski definition) is 2. The first-order chi connectivity index (χ1) is 17.1. The molecule has 2 aromatic heterocycles. The zero-order valence-corrected chi connectivity index (χ0v) is 20.7. The molecule has 4 aromatic rings. The summed E-state index contributed by atoms with van der Waals surface area (Å²) >= 11 is 0. The van der Waals surface area contributed by atoms with E-state index in [0.717, 1.165) is 47.9 Å². The zero-order valence-electron chi connectivity index (χ0n) is 20.7. The minimum atomic E-state index is 0.419. The van der Waals surface area contributed by atoms with Crippen LogP contribution in [0.2, 0.25) is 0 Å². The monoisotopic (exact) mass is 464 g/mol. The number of fused-ring (bicyclic) bond motifs is 1. The average Bonchev–Trinajstić information content (AvgIpc) is 3.66. The summed E-state index contributed by atoms with van der Waals surface area (Å²) in [6, 6.07) is 16.1. The van der Waals surface area contributed by atoms with Crippen LogP contribution in [-0.4, -0.2) is 57.8 Å². The summed E-state index contributed by atoms with van der Waals surface area (Å²) in [7, 11) is 4.37. The molecule has 0 unspecified atom stereocenters. The van der Waals surface area contributed by atoms with E-state index >= 15 is 0 Å². The van der Waals surface area contributed by atoms with E-state index in [1.165, 1.54) is 42.4 Å². The van der Waals surface area contributed by atoms with E-state index in [1.54, 1.807) is 0 Å². The molecule has 2 atom stereocenters. The van der Waals surface area contributed by atoms with Gasteiger partial charge in [0, 0.05) is 0 Å². The fourth-order valence-corrected chi connectivity index (χ4v) is 5.62. The summed E-state index contributed by atoms with van der Waals surface area (Å²) in [6.45, 7) is 2.30. The van der Waals surface area contributed by atoms with Crippen molar-refractivity contribution in [1.82, 2.24) is 29.6 Å². The Kier molecular flexibility index (Phi) is 6.04. The Hall–Kier alpha value is -3.16. The van der Waals surface area contributed by atoms with Crippen LogP contribution in [0, 0.1) is 0 Å². The van der Waals surface area contributed by atoms with Crippen LogP contribution in [-0.2, 0) is 6.42 Å². The quantitative estimate of drug-likeness (QED) is 0.408. The second kappa shape index (κ2) is 9.48. The summed E-state index contributed by atoms with van der Waals surface area (Å²) < 4.78 is 0. The molecule has 2 aromatic carbocycles. The average molecular weight is 464 g/mol. The number of aromatic amines is 2. The van der Waals surface area contributed by atoms with Gasteiger partial charge in [0.25, 0.3) is 0 Å². The number of benzene rings is 2. The molecular weight excluding hydrogens is 431 g/mol. The van der Waals surface area contributed by atoms with Gasteiger partial charge in [0.1, 0.15) is 11.6 Å². The topological polar surface area (TPSA) is 63.8 Å². The predicted molar refractivity (Wildman–Crippen MR) is 145 cm³/mol. The fourth-order valence-electron chi connectivity index (χ4n) is 5.62. The zero-order chi connectivity index (χ0) is 23.8. The van der Waals surface area contributed by atoms with E-state index in [-0.39, 0.29) is 0 Å². The molecule has 0 bridgehead atoms. The van der Waals surface area contributed by atoms with Gasteiger partial charge in [0.2, 0.25) is 0 Å². The molecule has 2 fully saturated rings. The molecule has 0 saturated carbocycles. The molecule has 2 aliphatic heterocycles. The largest absolute Gasteiger partial charge is 0.341 e. The van der Waals surface area contributed by atoms with E-state index in [0.29, 0.717) is 12.1 Å². The smallest absolute Gasteiger partial charge is 0.186 e. The highest BCUT2D eigenvalue weighted by Crippen LogP contribution is 2.31. The van der Waals surface area contributed by atoms with Crippen LogP contribution in [0.5, 0.6) is 0 Å². The van der Waals surface area contributed by atoms with Crippen molar-refractivity contribution in [3.05, 3.63) is 77.5 Å². The molecule has 4 heterocycles. The number of imidazole rings is 2. The molecule has 35 heavy (non-hydrogen) atoms. The van der Waals surface area contributed by atoms with Gasteiger partial charge in [-0.25, -0.2) is 9.97 Å². The Balaban J connectivity index is 1.10. The maximum Gasteiger partial charge on any atom is 0.186 e. The van der Waals surface area contributed by atoms with Crippen molar-refractivity contribution in [2.75, 3.05) is 20.1 Å². The maximum atomic E-state index is 4.91. The summed E-state index contributed by atoms with van der Waals surface area (Å²) in [5.41, 5.74) is 6.95. The van der Waals surface area contributed by atoms with Gasteiger partial charge in [-0.2, -0.15) is 0 Å². The lowest BCUT2D eigenvalue weighted by Crippen LogP contribution is -2.20. The number of rotatable bonds is 6. The van der Waals surface area contributed by atoms with Crippen LogP contribution in [0.15, 0.2) is 54.7 Å². The molecule has 0 amide bonds. The molecule has 6 rings (SSSR count). The second-order valence-electron chi connectivity index (χ2n) is 10.2. The van der Waals surface area contributed by atoms with Crippen molar-refractivity contribution >= 4 is 25.1 Å². The Bertz CT molecular complexity index is 1340. The van der Waals surface area contributed by atoms with Gasteiger partial charge < -0.3 is 14.8 Å². The SMILES string of the molecule is BN1CCC[C@H]1c1nc2cc(CC=Cc3ccc(-c4cnc([C@@H]5CCCN5C)[nH]4)cc3)ccc2[nH]1. The second-order valence-corrected chi connectivity index (χ2v) is 10.2. The van der Waals surface area contributed by atoms with E-state index in [4.69, 9.17) is 4.98 Å². The van der Waals surface area contributed by atoms with E-state index in [1.807, 2.05) is 6.20 Å². The molecule has 6 nitrogen and oxygen atoms in total. The Morgan fingerprint density at radius 2 is 1.83 bits per heavy atom. The summed E-state index contributed by atoms with van der Waals surface area (Å²) in [4.78, 5) is 21.4. The van der Waals surface area contributed by atoms with E-state index < -0.39 is 0 Å². The summed E-state index contributed by atoms with van der Waals surface area (Å²) in [5, 5.41) is 0. The van der Waals surface area contributed by atoms with Gasteiger partial charge in [-0.05, 0) is 81.1 Å². The molecule has 0 radical (unpaired) electrons. The lowest BCUT2D eigenvalue weighted by atomic mass is 10.1. The Morgan fingerprint density at radius 3 is 2.60 bits per heavy atom. The highest BCUT2D eigenvalue weighted by Gasteiger charge is 2.26. The highest BCUT2D eigenvalue weighted by molar-refractivity contribution is 6.04. The van der Waals surface area contributed by atoms with Crippen molar-refractivity contribution in [3.8, 4) is 11.3 Å². The van der Waals surface area contributed by atoms with Gasteiger partial charge >= 0.3 is 0 Å². The Labute approximate surface area is 207 Å². The molecule has 0 aliphatic carbocycles. The van der Waals surface area contributed by atoms with Crippen molar-refractivity contribution < 1.29 is 0 Å². The Morgan fingerprint density at radius 1 is 1.00 bits per heavy atom. The fraction of sp³-hybridized carbons (Fsp3) is 0.357. The number of likely N-dealkylation sites (tertiary alicyclic amines) is 1. The minimum Gasteiger partial charge on any atom is -0.341 e. The van der Waals surface area contributed by atoms with Crippen molar-refractivity contribution in [3.63, 3.8) is 0 Å². The minimum absolute atomic E-state index is 0.419. The molecule has 178 valence electrons. The summed E-state index contributed by atoms with van der Waals surface area (Å²) in [6.07, 6.45) is 12.1. The maximum absolute atomic E-state index is 4.91. The molecular formula is C28H33BN6. The first-order valence-corrected chi connectivity index (χ1v) is 12.8. The van der Waals surface area contributed by atoms with Crippen LogP contribution in [0.3, 0.4) is 0 Å². The van der Waals surface area contributed by atoms with Crippen LogP contribution < -0.4 is 0 Å². The molecule has 7 heteroatoms. The number of H-pyrrole nitrogens is 2. The van der Waals surface area contributed by atoms with Crippen LogP contribution in [0.25, 0.3) is 28.4 Å². The molecule has 2 aliphatic rings. The predicted octanol–water partition coefficient (Wildman–Crippen LogP) is 4.66. The lowest BCUT2D eigenvalue weighted by molar-refractivity contribution is 0.307. The molecule has 2 saturated heterocycles. The lowest BCUT2D eigenvalue weighted by Gasteiger charge is -2.16. The van der Waals surface area contributed by atoms with Gasteiger partial charge in [-0.1, -0.05) is 42.5 Å². The van der Waals surface area contributed by atoms with Gasteiger partial charge in [-0.3, -0.25) is 4.90 Å². The van der Waals surface area contributed by atoms with Gasteiger partial charge in [-0.15, -0.1) is 0 Å². The third-order valence-electron chi connectivity index (χ3n) is 7.72. The number of nitrogens with zero attached hydrogens (tertiary/aromatic N) is 4. The van der Waals surface area contributed by atoms with Crippen LogP contribution >= 0.6 is 0 Å². The van der Waals surface area contributed by atoms with Crippen molar-refractivity contribution in [1.29, 1.82) is 0 Å². The summed E-state index contributed by atoms with van der Waals surface area (Å²) in [5.74, 6) is 2.19. The highest BCUT2D eigenvalue weighted by atomic mass is 15.2. The number of aromatic nitrogens is 4. The van der Waals surface area contributed by atoms with Crippen molar-refractivity contribution in [2.45, 2.75) is 44.2 Å². The standard InChI is InChI=1S/C28H33BN6/c1-34-15-3-7-25(34)27-30-18-24(33-27)21-12-9-19(10-13-21)5-2-6-20-11-14-22-23(17-20)32-28(31-22)26-8-4-16-35(26)29/h2,5,9-14,17-18,25-26H,3-4,6-8,15-16,29H2,1H3,(H,30,33)(H,31,32)/t25-,26-/m0/s1. The van der Waals surface area contributed by atoms with Gasteiger partial charge in [0.05, 0.1) is 35.0 Å². The molecule has 2 N–H and O–H groups in total. The van der Waals surface area contributed by atoms with Crippen molar-refractivity contribution in [2.24, 2.45) is 0 Å². The normalized spacial score (nSPS) is 21.6. The first-order valence-electron chi connectivity index (χ1n) is 12.8. The first kappa shape index (κ1) is 22.3. The third-order valence-corrected chi connectivity index (χ3v) is 7.72. The van der Waals surface area contributed by atoms with Crippen LogP contribution in [0.1, 0.15) is 60.5 Å². The van der Waals surface area contributed by atoms with Crippen LogP contribution in [0.4, 0.5) is 0 Å². The number of allylic oxidation sites excluding steroid dienone is 1. The van der Waals surface area contributed by atoms with E-state index in [2.05, 4.69) is 94.3 Å². The van der Waals surface area contributed by atoms with E-state index in [9.17, 15) is 0 Å². The molecule has 0 spiro atoms. The number of nitrogens with one attached hydrogen (secondary N) is 2. The van der Waals surface area contributed by atoms with Gasteiger partial charge in [0.15, 0.2) is 7.98 Å².